The number of rotatable bonds is 5. The fourth-order valence-corrected chi connectivity index (χ4v) is 3.23. The largest absolute Gasteiger partial charge is 0.389 e. The molecular formula is C16H31F3N2. The van der Waals surface area contributed by atoms with Gasteiger partial charge in [0.2, 0.25) is 0 Å². The highest BCUT2D eigenvalue weighted by molar-refractivity contribution is 5.00. The number of piperazine rings is 1. The zero-order chi connectivity index (χ0) is 16.3. The van der Waals surface area contributed by atoms with Gasteiger partial charge >= 0.3 is 6.18 Å². The summed E-state index contributed by atoms with van der Waals surface area (Å²) in [7, 11) is 0. The average molecular weight is 308 g/mol. The Kier molecular flexibility index (Phi) is 6.13. The Labute approximate surface area is 127 Å². The number of nitrogens with zero attached hydrogens (tertiary/aromatic N) is 1. The Hall–Kier alpha value is -0.290. The van der Waals surface area contributed by atoms with Crippen LogP contribution in [0, 0.1) is 5.41 Å². The molecule has 1 rings (SSSR count). The van der Waals surface area contributed by atoms with Gasteiger partial charge in [-0.25, -0.2) is 0 Å². The van der Waals surface area contributed by atoms with Gasteiger partial charge in [0.25, 0.3) is 0 Å². The van der Waals surface area contributed by atoms with Crippen LogP contribution in [0.15, 0.2) is 0 Å². The molecule has 0 radical (unpaired) electrons. The van der Waals surface area contributed by atoms with Crippen LogP contribution in [-0.4, -0.2) is 42.3 Å². The summed E-state index contributed by atoms with van der Waals surface area (Å²) in [5.41, 5.74) is 0.128. The highest BCUT2D eigenvalue weighted by Gasteiger charge is 2.41. The maximum Gasteiger partial charge on any atom is 0.389 e. The molecule has 0 spiro atoms. The zero-order valence-corrected chi connectivity index (χ0v) is 14.1. The quantitative estimate of drug-likeness (QED) is 0.818. The average Bonchev–Trinajstić information content (AvgIpc) is 2.36. The molecule has 1 saturated heterocycles. The molecule has 0 bridgehead atoms. The van der Waals surface area contributed by atoms with Crippen molar-refractivity contribution in [3.05, 3.63) is 0 Å². The maximum absolute atomic E-state index is 12.4. The van der Waals surface area contributed by atoms with Crippen LogP contribution in [-0.2, 0) is 0 Å². The number of nitrogens with one attached hydrogen (secondary N) is 1. The molecule has 1 atom stereocenters. The highest BCUT2D eigenvalue weighted by Crippen LogP contribution is 2.32. The minimum atomic E-state index is -4.04. The lowest BCUT2D eigenvalue weighted by atomic mass is 9.80. The second kappa shape index (κ2) is 6.86. The summed E-state index contributed by atoms with van der Waals surface area (Å²) >= 11 is 0. The Morgan fingerprint density at radius 2 is 1.71 bits per heavy atom. The Bertz CT molecular complexity index is 316. The topological polar surface area (TPSA) is 15.3 Å². The fraction of sp³-hybridized carbons (Fsp3) is 1.00. The van der Waals surface area contributed by atoms with E-state index in [4.69, 9.17) is 0 Å². The van der Waals surface area contributed by atoms with Gasteiger partial charge < -0.3 is 5.32 Å². The van der Waals surface area contributed by atoms with Gasteiger partial charge in [-0.1, -0.05) is 34.6 Å². The van der Waals surface area contributed by atoms with Gasteiger partial charge in [0, 0.05) is 31.1 Å². The normalized spacial score (nSPS) is 24.3. The van der Waals surface area contributed by atoms with Gasteiger partial charge in [-0.2, -0.15) is 13.2 Å². The summed E-state index contributed by atoms with van der Waals surface area (Å²) in [5, 5.41) is 3.62. The zero-order valence-electron chi connectivity index (χ0n) is 14.1. The van der Waals surface area contributed by atoms with Gasteiger partial charge in [-0.3, -0.25) is 4.90 Å². The van der Waals surface area contributed by atoms with Crippen molar-refractivity contribution in [2.45, 2.75) is 78.1 Å². The van der Waals surface area contributed by atoms with Gasteiger partial charge in [0.05, 0.1) is 0 Å². The predicted molar refractivity (Wildman–Crippen MR) is 81.4 cm³/mol. The highest BCUT2D eigenvalue weighted by atomic mass is 19.4. The van der Waals surface area contributed by atoms with Crippen molar-refractivity contribution in [3.8, 4) is 0 Å². The second-order valence-corrected chi connectivity index (χ2v) is 7.40. The van der Waals surface area contributed by atoms with Crippen molar-refractivity contribution in [2.75, 3.05) is 19.6 Å². The maximum atomic E-state index is 12.4. The summed E-state index contributed by atoms with van der Waals surface area (Å²) in [6.07, 6.45) is -2.58. The van der Waals surface area contributed by atoms with Crippen LogP contribution in [0.1, 0.15) is 60.3 Å². The fourth-order valence-electron chi connectivity index (χ4n) is 3.23. The smallest absolute Gasteiger partial charge is 0.310 e. The van der Waals surface area contributed by atoms with E-state index in [9.17, 15) is 13.2 Å². The lowest BCUT2D eigenvalue weighted by Crippen LogP contribution is -2.66. The summed E-state index contributed by atoms with van der Waals surface area (Å²) in [6.45, 7) is 13.1. The molecule has 0 aromatic carbocycles. The van der Waals surface area contributed by atoms with Crippen LogP contribution in [0.2, 0.25) is 0 Å². The van der Waals surface area contributed by atoms with Gasteiger partial charge in [-0.05, 0) is 31.2 Å². The van der Waals surface area contributed by atoms with E-state index in [-0.39, 0.29) is 17.4 Å². The molecule has 1 unspecified atom stereocenters. The van der Waals surface area contributed by atoms with Crippen molar-refractivity contribution in [1.29, 1.82) is 0 Å². The summed E-state index contributed by atoms with van der Waals surface area (Å²) in [6, 6.07) is 0.328. The molecule has 1 heterocycles. The molecule has 0 aromatic heterocycles. The lowest BCUT2D eigenvalue weighted by molar-refractivity contribution is -0.137. The molecule has 0 aromatic rings. The first-order chi connectivity index (χ1) is 9.54. The van der Waals surface area contributed by atoms with Crippen molar-refractivity contribution in [2.24, 2.45) is 5.41 Å². The SMILES string of the molecule is CCC1(CC)CNC(C(C)(C)C)CN1CCCC(F)(F)F. The molecule has 0 saturated carbocycles. The van der Waals surface area contributed by atoms with Crippen LogP contribution in [0.5, 0.6) is 0 Å². The van der Waals surface area contributed by atoms with Gasteiger partial charge in [0.1, 0.15) is 0 Å². The van der Waals surface area contributed by atoms with Crippen molar-refractivity contribution >= 4 is 0 Å². The molecule has 126 valence electrons. The molecule has 21 heavy (non-hydrogen) atoms. The standard InChI is InChI=1S/C16H31F3N2/c1-6-15(7-2)12-20-13(14(3,4)5)11-21(15)10-8-9-16(17,18)19/h13,20H,6-12H2,1-5H3. The number of alkyl halides is 3. The van der Waals surface area contributed by atoms with E-state index in [1.807, 2.05) is 0 Å². The Balaban J connectivity index is 2.74. The summed E-state index contributed by atoms with van der Waals surface area (Å²) in [4.78, 5) is 2.31. The first kappa shape index (κ1) is 18.8. The van der Waals surface area contributed by atoms with Crippen molar-refractivity contribution in [3.63, 3.8) is 0 Å². The van der Waals surface area contributed by atoms with Crippen LogP contribution in [0.25, 0.3) is 0 Å². The molecular weight excluding hydrogens is 277 g/mol. The Morgan fingerprint density at radius 3 is 2.14 bits per heavy atom. The first-order valence-corrected chi connectivity index (χ1v) is 8.09. The van der Waals surface area contributed by atoms with E-state index >= 15 is 0 Å². The third-order valence-electron chi connectivity index (χ3n) is 5.00. The summed E-state index contributed by atoms with van der Waals surface area (Å²) in [5.74, 6) is 0. The van der Waals surface area contributed by atoms with Crippen LogP contribution >= 0.6 is 0 Å². The monoisotopic (exact) mass is 308 g/mol. The van der Waals surface area contributed by atoms with Crippen LogP contribution in [0.3, 0.4) is 0 Å². The van der Waals surface area contributed by atoms with E-state index in [0.717, 1.165) is 25.9 Å². The van der Waals surface area contributed by atoms with Crippen LogP contribution in [0.4, 0.5) is 13.2 Å². The van der Waals surface area contributed by atoms with E-state index in [0.29, 0.717) is 12.6 Å². The third kappa shape index (κ3) is 5.13. The third-order valence-corrected chi connectivity index (χ3v) is 5.00. The second-order valence-electron chi connectivity index (χ2n) is 7.40. The summed E-state index contributed by atoms with van der Waals surface area (Å²) < 4.78 is 37.2. The Morgan fingerprint density at radius 1 is 1.14 bits per heavy atom. The number of hydrogen-bond acceptors (Lipinski definition) is 2. The van der Waals surface area contributed by atoms with Crippen molar-refractivity contribution in [1.82, 2.24) is 10.2 Å². The molecule has 1 N–H and O–H groups in total. The van der Waals surface area contributed by atoms with E-state index in [2.05, 4.69) is 44.8 Å². The number of hydrogen-bond donors (Lipinski definition) is 1. The molecule has 0 aliphatic carbocycles. The number of halogens is 3. The molecule has 1 aliphatic heterocycles. The van der Waals surface area contributed by atoms with E-state index < -0.39 is 12.6 Å². The predicted octanol–water partition coefficient (Wildman–Crippen LogP) is 4.21. The molecule has 1 aliphatic rings. The lowest BCUT2D eigenvalue weighted by Gasteiger charge is -2.52. The minimum Gasteiger partial charge on any atom is -0.310 e. The van der Waals surface area contributed by atoms with Crippen molar-refractivity contribution < 1.29 is 13.2 Å². The minimum absolute atomic E-state index is 0.00729. The molecule has 0 amide bonds. The van der Waals surface area contributed by atoms with Gasteiger partial charge in [-0.15, -0.1) is 0 Å². The van der Waals surface area contributed by atoms with E-state index in [1.165, 1.54) is 0 Å². The first-order valence-electron chi connectivity index (χ1n) is 8.09. The van der Waals surface area contributed by atoms with Crippen LogP contribution < -0.4 is 5.32 Å². The molecule has 1 fully saturated rings. The molecule has 5 heteroatoms. The van der Waals surface area contributed by atoms with E-state index in [1.54, 1.807) is 0 Å². The molecule has 2 nitrogen and oxygen atoms in total. The van der Waals surface area contributed by atoms with Gasteiger partial charge in [0.15, 0.2) is 0 Å².